The summed E-state index contributed by atoms with van der Waals surface area (Å²) >= 11 is 6.05. The summed E-state index contributed by atoms with van der Waals surface area (Å²) < 4.78 is 5.04. The first-order valence-corrected chi connectivity index (χ1v) is 8.10. The van der Waals surface area contributed by atoms with Crippen LogP contribution in [0.25, 0.3) is 0 Å². The van der Waals surface area contributed by atoms with Crippen LogP contribution in [0.3, 0.4) is 0 Å². The second-order valence-corrected chi connectivity index (χ2v) is 6.12. The van der Waals surface area contributed by atoms with E-state index in [4.69, 9.17) is 16.3 Å². The molecule has 0 spiro atoms. The third-order valence-corrected chi connectivity index (χ3v) is 3.92. The van der Waals surface area contributed by atoms with E-state index in [0.717, 1.165) is 11.1 Å². The van der Waals surface area contributed by atoms with Crippen LogP contribution in [-0.2, 0) is 14.3 Å². The summed E-state index contributed by atoms with van der Waals surface area (Å²) in [5.41, 5.74) is 2.56. The van der Waals surface area contributed by atoms with E-state index in [-0.39, 0.29) is 18.9 Å². The minimum Gasteiger partial charge on any atom is -0.456 e. The lowest BCUT2D eigenvalue weighted by atomic mass is 9.98. The van der Waals surface area contributed by atoms with E-state index in [0.29, 0.717) is 10.7 Å². The molecule has 24 heavy (non-hydrogen) atoms. The lowest BCUT2D eigenvalue weighted by molar-refractivity contribution is -0.147. The van der Waals surface area contributed by atoms with E-state index >= 15 is 0 Å². The number of benzene rings is 2. The minimum atomic E-state index is -0.415. The quantitative estimate of drug-likeness (QED) is 0.793. The van der Waals surface area contributed by atoms with Crippen LogP contribution in [0.4, 0.5) is 5.69 Å². The molecule has 0 aliphatic heterocycles. The van der Waals surface area contributed by atoms with Crippen LogP contribution in [0.15, 0.2) is 48.5 Å². The van der Waals surface area contributed by atoms with Gasteiger partial charge in [0.1, 0.15) is 0 Å². The highest BCUT2D eigenvalue weighted by molar-refractivity contribution is 6.33. The van der Waals surface area contributed by atoms with Crippen molar-refractivity contribution in [3.05, 3.63) is 64.7 Å². The van der Waals surface area contributed by atoms with Crippen LogP contribution in [-0.4, -0.2) is 18.5 Å². The molecule has 0 unspecified atom stereocenters. The predicted octanol–water partition coefficient (Wildman–Crippen LogP) is 4.32. The van der Waals surface area contributed by atoms with E-state index in [2.05, 4.69) is 5.32 Å². The van der Waals surface area contributed by atoms with E-state index < -0.39 is 11.9 Å². The maximum atomic E-state index is 11.9. The van der Waals surface area contributed by atoms with Crippen molar-refractivity contribution < 1.29 is 14.3 Å². The van der Waals surface area contributed by atoms with Gasteiger partial charge in [-0.05, 0) is 36.1 Å². The number of anilines is 1. The number of nitrogens with one attached hydrogen (secondary N) is 1. The second-order valence-electron chi connectivity index (χ2n) is 5.71. The van der Waals surface area contributed by atoms with Gasteiger partial charge in [0.15, 0.2) is 6.61 Å². The van der Waals surface area contributed by atoms with Crippen molar-refractivity contribution >= 4 is 29.2 Å². The van der Waals surface area contributed by atoms with Gasteiger partial charge in [-0.3, -0.25) is 9.59 Å². The first kappa shape index (κ1) is 18.0. The number of hydrogen-bond donors (Lipinski definition) is 1. The zero-order valence-corrected chi connectivity index (χ0v) is 14.5. The van der Waals surface area contributed by atoms with Crippen molar-refractivity contribution in [1.82, 2.24) is 0 Å². The summed E-state index contributed by atoms with van der Waals surface area (Å²) in [7, 11) is 0. The Kier molecular flexibility index (Phi) is 6.38. The Balaban J connectivity index is 1.80. The van der Waals surface area contributed by atoms with Crippen LogP contribution in [0.1, 0.15) is 30.4 Å². The monoisotopic (exact) mass is 345 g/mol. The molecular weight excluding hydrogens is 326 g/mol. The fourth-order valence-electron chi connectivity index (χ4n) is 2.26. The molecule has 0 bridgehead atoms. The van der Waals surface area contributed by atoms with Crippen LogP contribution < -0.4 is 5.32 Å². The molecule has 1 atom stereocenters. The Hall–Kier alpha value is -2.33. The van der Waals surface area contributed by atoms with Gasteiger partial charge in [-0.15, -0.1) is 0 Å². The maximum absolute atomic E-state index is 11.9. The van der Waals surface area contributed by atoms with E-state index in [1.165, 1.54) is 0 Å². The lowest BCUT2D eigenvalue weighted by Crippen LogP contribution is -2.21. The number of rotatable bonds is 6. The second kappa shape index (κ2) is 8.50. The Bertz CT molecular complexity index is 716. The number of esters is 1. The van der Waals surface area contributed by atoms with E-state index in [9.17, 15) is 9.59 Å². The predicted molar refractivity (Wildman–Crippen MR) is 95.3 cm³/mol. The number of carbonyl (C=O) groups excluding carboxylic acids is 2. The molecule has 0 saturated heterocycles. The summed E-state index contributed by atoms with van der Waals surface area (Å²) in [6.45, 7) is 3.53. The molecule has 2 rings (SSSR count). The molecule has 0 aliphatic rings. The molecule has 5 heteroatoms. The van der Waals surface area contributed by atoms with Crippen molar-refractivity contribution in [2.75, 3.05) is 11.9 Å². The van der Waals surface area contributed by atoms with Crippen LogP contribution >= 0.6 is 11.6 Å². The highest BCUT2D eigenvalue weighted by Crippen LogP contribution is 2.22. The number of amides is 1. The lowest BCUT2D eigenvalue weighted by Gasteiger charge is -2.12. The Labute approximate surface area is 146 Å². The van der Waals surface area contributed by atoms with Crippen molar-refractivity contribution in [1.29, 1.82) is 0 Å². The summed E-state index contributed by atoms with van der Waals surface area (Å²) in [6, 6.07) is 15.0. The Morgan fingerprint density at radius 1 is 1.17 bits per heavy atom. The fourth-order valence-corrected chi connectivity index (χ4v) is 2.54. The summed E-state index contributed by atoms with van der Waals surface area (Å²) in [4.78, 5) is 23.7. The Morgan fingerprint density at radius 2 is 1.88 bits per heavy atom. The van der Waals surface area contributed by atoms with E-state index in [1.807, 2.05) is 50.2 Å². The first-order valence-electron chi connectivity index (χ1n) is 7.72. The van der Waals surface area contributed by atoms with Crippen LogP contribution in [0, 0.1) is 6.92 Å². The average molecular weight is 346 g/mol. The molecule has 2 aromatic rings. The number of aryl methyl sites for hydroxylation is 1. The van der Waals surface area contributed by atoms with Crippen molar-refractivity contribution in [2.24, 2.45) is 0 Å². The highest BCUT2D eigenvalue weighted by Gasteiger charge is 2.14. The number of carbonyl (C=O) groups is 2. The molecule has 0 saturated carbocycles. The Morgan fingerprint density at radius 3 is 2.54 bits per heavy atom. The fraction of sp³-hybridized carbons (Fsp3) is 0.263. The molecular formula is C19H20ClNO3. The summed E-state index contributed by atoms with van der Waals surface area (Å²) in [6.07, 6.45) is 0.225. The largest absolute Gasteiger partial charge is 0.456 e. The van der Waals surface area contributed by atoms with Crippen molar-refractivity contribution in [3.8, 4) is 0 Å². The minimum absolute atomic E-state index is 0.0355. The summed E-state index contributed by atoms with van der Waals surface area (Å²) in [5.74, 6) is -0.786. The van der Waals surface area contributed by atoms with Gasteiger partial charge in [0, 0.05) is 0 Å². The van der Waals surface area contributed by atoms with Crippen LogP contribution in [0.5, 0.6) is 0 Å². The third-order valence-electron chi connectivity index (χ3n) is 3.60. The van der Waals surface area contributed by atoms with Gasteiger partial charge in [0.25, 0.3) is 5.91 Å². The van der Waals surface area contributed by atoms with Crippen LogP contribution in [0.2, 0.25) is 5.02 Å². The number of halogens is 1. The zero-order valence-electron chi connectivity index (χ0n) is 13.7. The first-order chi connectivity index (χ1) is 11.5. The molecule has 1 N–H and O–H groups in total. The smallest absolute Gasteiger partial charge is 0.306 e. The van der Waals surface area contributed by atoms with Gasteiger partial charge in [0.05, 0.1) is 17.1 Å². The van der Waals surface area contributed by atoms with Gasteiger partial charge in [-0.1, -0.05) is 54.9 Å². The summed E-state index contributed by atoms with van der Waals surface area (Å²) in [5, 5.41) is 3.08. The third kappa shape index (κ3) is 5.39. The SMILES string of the molecule is Cc1ccc(NC(=O)COC(=O)C[C@@H](C)c2ccccc2)c(Cl)c1. The van der Waals surface area contributed by atoms with Gasteiger partial charge in [0.2, 0.25) is 0 Å². The normalized spacial score (nSPS) is 11.6. The van der Waals surface area contributed by atoms with Crippen molar-refractivity contribution in [2.45, 2.75) is 26.2 Å². The molecule has 0 heterocycles. The maximum Gasteiger partial charge on any atom is 0.306 e. The average Bonchev–Trinajstić information content (AvgIpc) is 2.56. The number of ether oxygens (including phenoxy) is 1. The molecule has 0 radical (unpaired) electrons. The molecule has 0 aromatic heterocycles. The van der Waals surface area contributed by atoms with Gasteiger partial charge < -0.3 is 10.1 Å². The molecule has 2 aromatic carbocycles. The number of hydrogen-bond acceptors (Lipinski definition) is 3. The molecule has 0 fully saturated rings. The van der Waals surface area contributed by atoms with Gasteiger partial charge in [-0.25, -0.2) is 0 Å². The van der Waals surface area contributed by atoms with Crippen molar-refractivity contribution in [3.63, 3.8) is 0 Å². The molecule has 1 amide bonds. The molecule has 126 valence electrons. The molecule has 0 aliphatic carbocycles. The van der Waals surface area contributed by atoms with E-state index in [1.54, 1.807) is 12.1 Å². The zero-order chi connectivity index (χ0) is 17.5. The standard InChI is InChI=1S/C19H20ClNO3/c1-13-8-9-17(16(20)10-13)21-18(22)12-24-19(23)11-14(2)15-6-4-3-5-7-15/h3-10,14H,11-12H2,1-2H3,(H,21,22)/t14-/m1/s1. The topological polar surface area (TPSA) is 55.4 Å². The van der Waals surface area contributed by atoms with Gasteiger partial charge >= 0.3 is 5.97 Å². The molecule has 4 nitrogen and oxygen atoms in total. The highest BCUT2D eigenvalue weighted by atomic mass is 35.5. The van der Waals surface area contributed by atoms with Gasteiger partial charge in [-0.2, -0.15) is 0 Å².